The summed E-state index contributed by atoms with van der Waals surface area (Å²) in [6.07, 6.45) is 8.44. The SMILES string of the molecule is COC(=O)c1ccc(C(=C\c2sc3ccc(C)cc3[n+]2C)/C=C2\C=CN(CCCS(=O)(=O)[O-])c3ccccc32)cc1. The molecule has 0 N–H and O–H groups in total. The summed E-state index contributed by atoms with van der Waals surface area (Å²) in [5.41, 5.74) is 7.65. The molecule has 0 saturated heterocycles. The zero-order valence-electron chi connectivity index (χ0n) is 23.0. The first-order valence-corrected chi connectivity index (χ1v) is 15.5. The minimum absolute atomic E-state index is 0.239. The number of carbonyl (C=O) groups is 1. The van der Waals surface area contributed by atoms with Crippen molar-refractivity contribution >= 4 is 60.6 Å². The fraction of sp³-hybridized carbons (Fsp3) is 0.188. The zero-order valence-corrected chi connectivity index (χ0v) is 24.7. The average Bonchev–Trinajstić information content (AvgIpc) is 3.26. The summed E-state index contributed by atoms with van der Waals surface area (Å²) < 4.78 is 41.6. The number of aryl methyl sites for hydroxylation is 2. The number of hydrogen-bond donors (Lipinski definition) is 0. The van der Waals surface area contributed by atoms with E-state index >= 15 is 0 Å². The minimum atomic E-state index is -4.27. The van der Waals surface area contributed by atoms with E-state index < -0.39 is 15.9 Å². The first kappa shape index (κ1) is 28.5. The Morgan fingerprint density at radius 1 is 1.07 bits per heavy atom. The number of allylic oxidation sites excluding steroid dienone is 4. The molecule has 0 amide bonds. The number of esters is 1. The number of para-hydroxylation sites is 1. The van der Waals surface area contributed by atoms with Crippen LogP contribution in [0.1, 0.15) is 38.5 Å². The molecule has 210 valence electrons. The van der Waals surface area contributed by atoms with Crippen molar-refractivity contribution in [2.24, 2.45) is 7.05 Å². The van der Waals surface area contributed by atoms with Crippen molar-refractivity contribution in [1.29, 1.82) is 0 Å². The van der Waals surface area contributed by atoms with E-state index in [1.807, 2.05) is 53.6 Å². The number of carbonyl (C=O) groups excluding carboxylic acids is 1. The van der Waals surface area contributed by atoms with Crippen LogP contribution >= 0.6 is 11.3 Å². The highest BCUT2D eigenvalue weighted by atomic mass is 32.2. The Morgan fingerprint density at radius 3 is 2.54 bits per heavy atom. The largest absolute Gasteiger partial charge is 0.748 e. The monoisotopic (exact) mass is 586 g/mol. The first-order chi connectivity index (χ1) is 19.6. The highest BCUT2D eigenvalue weighted by molar-refractivity contribution is 7.85. The second-order valence-corrected chi connectivity index (χ2v) is 12.5. The standard InChI is InChI=1S/C32H30N2O5S2/c1-22-9-14-30-29(19-22)33(2)31(40-30)21-26(23-10-12-24(13-11-23)32(35)39-3)20-25-15-17-34(16-6-18-41(36,37)38)28-8-5-4-7-27(25)28/h4-5,7-15,17,19-21H,6,16,18H2,1-3H3. The summed E-state index contributed by atoms with van der Waals surface area (Å²) >= 11 is 1.71. The van der Waals surface area contributed by atoms with Gasteiger partial charge in [-0.1, -0.05) is 47.7 Å². The van der Waals surface area contributed by atoms with Crippen LogP contribution in [0.3, 0.4) is 0 Å². The third-order valence-electron chi connectivity index (χ3n) is 7.00. The zero-order chi connectivity index (χ0) is 29.1. The molecular formula is C32H30N2O5S2. The fourth-order valence-corrected chi connectivity index (χ4v) is 6.43. The number of anilines is 1. The number of nitrogens with zero attached hydrogens (tertiary/aromatic N) is 2. The van der Waals surface area contributed by atoms with E-state index in [9.17, 15) is 17.8 Å². The van der Waals surface area contributed by atoms with Gasteiger partial charge in [0.05, 0.1) is 22.8 Å². The number of ether oxygens (including phenoxy) is 1. The van der Waals surface area contributed by atoms with Crippen LogP contribution in [0, 0.1) is 6.92 Å². The van der Waals surface area contributed by atoms with E-state index in [2.05, 4.69) is 48.9 Å². The van der Waals surface area contributed by atoms with Gasteiger partial charge in [0.25, 0.3) is 5.01 Å². The Labute approximate surface area is 244 Å². The second kappa shape index (κ2) is 11.8. The number of benzene rings is 3. The number of rotatable bonds is 8. The quantitative estimate of drug-likeness (QED) is 0.149. The maximum Gasteiger partial charge on any atom is 0.337 e. The molecule has 0 fully saturated rings. The Hall–Kier alpha value is -4.05. The summed E-state index contributed by atoms with van der Waals surface area (Å²) in [4.78, 5) is 14.0. The minimum Gasteiger partial charge on any atom is -0.748 e. The molecule has 0 aliphatic carbocycles. The van der Waals surface area contributed by atoms with Crippen LogP contribution in [0.15, 0.2) is 85.1 Å². The van der Waals surface area contributed by atoms with Crippen molar-refractivity contribution in [2.75, 3.05) is 24.3 Å². The van der Waals surface area contributed by atoms with Gasteiger partial charge in [0.2, 0.25) is 5.52 Å². The fourth-order valence-electron chi connectivity index (χ4n) is 4.87. The van der Waals surface area contributed by atoms with Crippen LogP contribution in [-0.2, 0) is 21.9 Å². The van der Waals surface area contributed by atoms with Crippen molar-refractivity contribution in [2.45, 2.75) is 13.3 Å². The van der Waals surface area contributed by atoms with Gasteiger partial charge in [0, 0.05) is 41.9 Å². The summed E-state index contributed by atoms with van der Waals surface area (Å²) in [5.74, 6) is -0.789. The van der Waals surface area contributed by atoms with Crippen molar-refractivity contribution in [3.8, 4) is 0 Å². The normalized spacial score (nSPS) is 14.5. The lowest BCUT2D eigenvalue weighted by Crippen LogP contribution is -2.29. The van der Waals surface area contributed by atoms with Crippen molar-refractivity contribution in [3.05, 3.63) is 112 Å². The third kappa shape index (κ3) is 6.48. The van der Waals surface area contributed by atoms with Crippen molar-refractivity contribution in [1.82, 2.24) is 0 Å². The van der Waals surface area contributed by atoms with E-state index in [4.69, 9.17) is 4.74 Å². The molecule has 2 heterocycles. The predicted molar refractivity (Wildman–Crippen MR) is 163 cm³/mol. The van der Waals surface area contributed by atoms with E-state index in [1.54, 1.807) is 23.5 Å². The topological polar surface area (TPSA) is 90.6 Å². The van der Waals surface area contributed by atoms with E-state index in [-0.39, 0.29) is 12.4 Å². The summed E-state index contributed by atoms with van der Waals surface area (Å²) in [6, 6.07) is 21.7. The van der Waals surface area contributed by atoms with Crippen LogP contribution < -0.4 is 9.47 Å². The molecule has 0 atom stereocenters. The lowest BCUT2D eigenvalue weighted by atomic mass is 9.94. The lowest BCUT2D eigenvalue weighted by Gasteiger charge is -2.28. The van der Waals surface area contributed by atoms with Crippen molar-refractivity contribution in [3.63, 3.8) is 0 Å². The molecular weight excluding hydrogens is 556 g/mol. The second-order valence-electron chi connectivity index (χ2n) is 9.88. The highest BCUT2D eigenvalue weighted by Crippen LogP contribution is 2.36. The van der Waals surface area contributed by atoms with Gasteiger partial charge in [0.15, 0.2) is 0 Å². The highest BCUT2D eigenvalue weighted by Gasteiger charge is 2.19. The van der Waals surface area contributed by atoms with Gasteiger partial charge >= 0.3 is 5.97 Å². The van der Waals surface area contributed by atoms with E-state index in [0.29, 0.717) is 12.1 Å². The molecule has 1 aliphatic heterocycles. The Kier molecular flexibility index (Phi) is 8.21. The molecule has 4 aromatic rings. The van der Waals surface area contributed by atoms with Gasteiger partial charge in [-0.2, -0.15) is 4.57 Å². The number of methoxy groups -OCH3 is 1. The molecule has 0 bridgehead atoms. The molecule has 9 heteroatoms. The molecule has 0 radical (unpaired) electrons. The first-order valence-electron chi connectivity index (χ1n) is 13.1. The van der Waals surface area contributed by atoms with Crippen LogP contribution in [0.5, 0.6) is 0 Å². The molecule has 41 heavy (non-hydrogen) atoms. The van der Waals surface area contributed by atoms with Gasteiger partial charge in [-0.15, -0.1) is 0 Å². The number of aromatic nitrogens is 1. The van der Waals surface area contributed by atoms with E-state index in [1.165, 1.54) is 17.4 Å². The smallest absolute Gasteiger partial charge is 0.337 e. The molecule has 1 aromatic heterocycles. The van der Waals surface area contributed by atoms with Crippen molar-refractivity contribution < 1.29 is 27.1 Å². The molecule has 0 saturated carbocycles. The molecule has 0 unspecified atom stereocenters. The van der Waals surface area contributed by atoms with Crippen LogP contribution in [0.4, 0.5) is 5.69 Å². The Morgan fingerprint density at radius 2 is 1.80 bits per heavy atom. The maximum absolute atomic E-state index is 12.1. The average molecular weight is 587 g/mol. The predicted octanol–water partition coefficient (Wildman–Crippen LogP) is 5.71. The van der Waals surface area contributed by atoms with Gasteiger partial charge < -0.3 is 14.2 Å². The van der Waals surface area contributed by atoms with Gasteiger partial charge in [-0.3, -0.25) is 0 Å². The number of thiazole rings is 1. The van der Waals surface area contributed by atoms with Crippen LogP contribution in [0.2, 0.25) is 0 Å². The van der Waals surface area contributed by atoms with Gasteiger partial charge in [0.1, 0.15) is 11.7 Å². The molecule has 1 aliphatic rings. The van der Waals surface area contributed by atoms with Crippen LogP contribution in [-0.4, -0.2) is 38.3 Å². The summed E-state index contributed by atoms with van der Waals surface area (Å²) in [7, 11) is -0.839. The summed E-state index contributed by atoms with van der Waals surface area (Å²) in [5, 5.41) is 1.07. The number of fused-ring (bicyclic) bond motifs is 2. The molecule has 3 aromatic carbocycles. The lowest BCUT2D eigenvalue weighted by molar-refractivity contribution is -0.642. The molecule has 5 rings (SSSR count). The number of hydrogen-bond acceptors (Lipinski definition) is 7. The van der Waals surface area contributed by atoms with Crippen LogP contribution in [0.25, 0.3) is 27.4 Å². The van der Waals surface area contributed by atoms with Gasteiger partial charge in [-0.05, 0) is 72.0 Å². The maximum atomic E-state index is 12.1. The summed E-state index contributed by atoms with van der Waals surface area (Å²) in [6.45, 7) is 2.50. The van der Waals surface area contributed by atoms with Gasteiger partial charge in [-0.25, -0.2) is 13.2 Å². The Balaban J connectivity index is 1.59. The molecule has 0 spiro atoms. The van der Waals surface area contributed by atoms with E-state index in [0.717, 1.165) is 38.5 Å². The third-order valence-corrected chi connectivity index (χ3v) is 8.96. The Bertz CT molecular complexity index is 1820. The molecule has 7 nitrogen and oxygen atoms in total.